The van der Waals surface area contributed by atoms with Crippen LogP contribution in [0.3, 0.4) is 0 Å². The van der Waals surface area contributed by atoms with Gasteiger partial charge in [-0.25, -0.2) is 0 Å². The number of hydrogen-bond donors (Lipinski definition) is 2. The van der Waals surface area contributed by atoms with Gasteiger partial charge in [-0.3, -0.25) is 0 Å². The van der Waals surface area contributed by atoms with Crippen LogP contribution < -0.4 is 5.32 Å². The fraction of sp³-hybridized carbons (Fsp3) is 0.333. The number of hydrogen-bond acceptors (Lipinski definition) is 1. The number of nitrogens with two attached hydrogens (primary N) is 1. The molecular weight excluding hydrogens is 138 g/mol. The van der Waals surface area contributed by atoms with Gasteiger partial charge >= 0.3 is 0 Å². The first-order chi connectivity index (χ1) is 5.36. The van der Waals surface area contributed by atoms with Crippen molar-refractivity contribution in [1.82, 2.24) is 0 Å². The summed E-state index contributed by atoms with van der Waals surface area (Å²) in [5.41, 5.74) is 2.68. The van der Waals surface area contributed by atoms with Crippen molar-refractivity contribution in [2.24, 2.45) is 0 Å². The lowest BCUT2D eigenvalue weighted by molar-refractivity contribution is -0.673. The van der Waals surface area contributed by atoms with E-state index in [1.54, 1.807) is 6.07 Å². The van der Waals surface area contributed by atoms with Crippen LogP contribution in [0.15, 0.2) is 18.2 Å². The first-order valence-electron chi connectivity index (χ1n) is 3.99. The predicted molar refractivity (Wildman–Crippen MR) is 42.3 cm³/mol. The van der Waals surface area contributed by atoms with Crippen LogP contribution in [0.2, 0.25) is 0 Å². The van der Waals surface area contributed by atoms with Crippen LogP contribution in [-0.4, -0.2) is 11.7 Å². The molecule has 1 aromatic carbocycles. The molecule has 0 fully saturated rings. The van der Waals surface area contributed by atoms with Gasteiger partial charge in [-0.05, 0) is 23.8 Å². The summed E-state index contributed by atoms with van der Waals surface area (Å²) in [6, 6.07) is 5.65. The molecular formula is C9H12NO+. The first-order valence-corrected chi connectivity index (χ1v) is 3.99. The molecule has 2 heteroatoms. The molecule has 0 bridgehead atoms. The van der Waals surface area contributed by atoms with Crippen molar-refractivity contribution >= 4 is 0 Å². The number of fused-ring (bicyclic) bond motifs is 1. The summed E-state index contributed by atoms with van der Waals surface area (Å²) in [6.07, 6.45) is 1.09. The highest BCUT2D eigenvalue weighted by atomic mass is 16.3. The van der Waals surface area contributed by atoms with Crippen LogP contribution in [0.4, 0.5) is 0 Å². The maximum Gasteiger partial charge on any atom is 0.115 e. The van der Waals surface area contributed by atoms with Crippen molar-refractivity contribution in [3.05, 3.63) is 29.3 Å². The Labute approximate surface area is 65.9 Å². The van der Waals surface area contributed by atoms with E-state index in [-0.39, 0.29) is 0 Å². The average Bonchev–Trinajstić information content (AvgIpc) is 2.04. The van der Waals surface area contributed by atoms with Crippen molar-refractivity contribution in [3.63, 3.8) is 0 Å². The third kappa shape index (κ3) is 1.21. The van der Waals surface area contributed by atoms with Crippen molar-refractivity contribution in [1.29, 1.82) is 0 Å². The maximum absolute atomic E-state index is 9.18. The molecule has 0 saturated carbocycles. The monoisotopic (exact) mass is 150 g/mol. The quantitative estimate of drug-likeness (QED) is 0.537. The van der Waals surface area contributed by atoms with E-state index in [2.05, 4.69) is 5.32 Å². The van der Waals surface area contributed by atoms with Crippen molar-refractivity contribution in [2.75, 3.05) is 6.54 Å². The van der Waals surface area contributed by atoms with Gasteiger partial charge in [0.2, 0.25) is 0 Å². The van der Waals surface area contributed by atoms with E-state index in [1.807, 2.05) is 12.1 Å². The van der Waals surface area contributed by atoms with Gasteiger partial charge in [0.15, 0.2) is 0 Å². The summed E-state index contributed by atoms with van der Waals surface area (Å²) in [4.78, 5) is 0. The van der Waals surface area contributed by atoms with Gasteiger partial charge < -0.3 is 10.4 Å². The number of quaternary nitrogens is 1. The molecule has 1 aromatic rings. The van der Waals surface area contributed by atoms with Crippen molar-refractivity contribution in [2.45, 2.75) is 13.0 Å². The molecule has 0 radical (unpaired) electrons. The van der Waals surface area contributed by atoms with Gasteiger partial charge in [-0.2, -0.15) is 0 Å². The highest BCUT2D eigenvalue weighted by Crippen LogP contribution is 2.17. The summed E-state index contributed by atoms with van der Waals surface area (Å²) in [7, 11) is 0. The Morgan fingerprint density at radius 3 is 3.09 bits per heavy atom. The number of benzene rings is 1. The van der Waals surface area contributed by atoms with Crippen LogP contribution in [-0.2, 0) is 13.0 Å². The molecule has 2 rings (SSSR count). The molecule has 1 aliphatic heterocycles. The lowest BCUT2D eigenvalue weighted by atomic mass is 10.0. The van der Waals surface area contributed by atoms with E-state index in [0.717, 1.165) is 19.5 Å². The zero-order valence-electron chi connectivity index (χ0n) is 6.38. The number of aromatic hydroxyl groups is 1. The van der Waals surface area contributed by atoms with Crippen molar-refractivity contribution < 1.29 is 10.4 Å². The highest BCUT2D eigenvalue weighted by Gasteiger charge is 2.10. The molecule has 2 nitrogen and oxygen atoms in total. The summed E-state index contributed by atoms with van der Waals surface area (Å²) >= 11 is 0. The summed E-state index contributed by atoms with van der Waals surface area (Å²) < 4.78 is 0. The molecule has 0 aliphatic carbocycles. The average molecular weight is 150 g/mol. The number of rotatable bonds is 0. The molecule has 3 N–H and O–H groups in total. The Morgan fingerprint density at radius 2 is 2.18 bits per heavy atom. The van der Waals surface area contributed by atoms with Gasteiger partial charge in [0.05, 0.1) is 6.54 Å². The maximum atomic E-state index is 9.18. The molecule has 1 heterocycles. The Morgan fingerprint density at radius 1 is 1.27 bits per heavy atom. The normalized spacial score (nSPS) is 16.0. The minimum Gasteiger partial charge on any atom is -0.508 e. The number of phenols is 1. The second-order valence-corrected chi connectivity index (χ2v) is 2.98. The molecule has 11 heavy (non-hydrogen) atoms. The fourth-order valence-electron chi connectivity index (χ4n) is 1.56. The molecule has 0 amide bonds. The fourth-order valence-corrected chi connectivity index (χ4v) is 1.56. The van der Waals surface area contributed by atoms with Gasteiger partial charge in [0.1, 0.15) is 12.3 Å². The Hall–Kier alpha value is -1.02. The zero-order chi connectivity index (χ0) is 7.68. The van der Waals surface area contributed by atoms with E-state index in [4.69, 9.17) is 0 Å². The van der Waals surface area contributed by atoms with E-state index in [1.165, 1.54) is 11.1 Å². The summed E-state index contributed by atoms with van der Waals surface area (Å²) in [5, 5.41) is 11.5. The first kappa shape index (κ1) is 6.68. The van der Waals surface area contributed by atoms with E-state index in [9.17, 15) is 5.11 Å². The molecule has 0 saturated heterocycles. The molecule has 0 spiro atoms. The largest absolute Gasteiger partial charge is 0.508 e. The zero-order valence-corrected chi connectivity index (χ0v) is 6.38. The standard InChI is InChI=1S/C9H11NO/c11-9-2-1-8-6-10-4-3-7(8)5-9/h1-2,5,10-11H,3-4,6H2/p+1. The van der Waals surface area contributed by atoms with Crippen molar-refractivity contribution in [3.8, 4) is 5.75 Å². The molecule has 1 aliphatic rings. The smallest absolute Gasteiger partial charge is 0.115 e. The van der Waals surface area contributed by atoms with Crippen LogP contribution in [0.1, 0.15) is 11.1 Å². The van der Waals surface area contributed by atoms with Gasteiger partial charge in [-0.15, -0.1) is 0 Å². The molecule has 0 aromatic heterocycles. The third-order valence-corrected chi connectivity index (χ3v) is 2.17. The predicted octanol–water partition coefficient (Wildman–Crippen LogP) is 0.0117. The number of phenolic OH excluding ortho intramolecular Hbond substituents is 1. The molecule has 58 valence electrons. The third-order valence-electron chi connectivity index (χ3n) is 2.17. The molecule has 0 unspecified atom stereocenters. The van der Waals surface area contributed by atoms with Gasteiger partial charge in [0.25, 0.3) is 0 Å². The Balaban J connectivity index is 2.43. The van der Waals surface area contributed by atoms with Crippen LogP contribution >= 0.6 is 0 Å². The minimum atomic E-state index is 0.394. The topological polar surface area (TPSA) is 36.8 Å². The van der Waals surface area contributed by atoms with E-state index in [0.29, 0.717) is 5.75 Å². The van der Waals surface area contributed by atoms with E-state index >= 15 is 0 Å². The lowest BCUT2D eigenvalue weighted by Gasteiger charge is -2.13. The second-order valence-electron chi connectivity index (χ2n) is 2.98. The molecule has 0 atom stereocenters. The van der Waals surface area contributed by atoms with E-state index < -0.39 is 0 Å². The minimum absolute atomic E-state index is 0.394. The van der Waals surface area contributed by atoms with Crippen LogP contribution in [0.25, 0.3) is 0 Å². The SMILES string of the molecule is Oc1ccc2c(c1)CC[NH2+]C2. The Bertz CT molecular complexity index is 270. The van der Waals surface area contributed by atoms with Crippen LogP contribution in [0, 0.1) is 0 Å². The lowest BCUT2D eigenvalue weighted by Crippen LogP contribution is -2.84. The van der Waals surface area contributed by atoms with Gasteiger partial charge in [0, 0.05) is 12.0 Å². The Kier molecular flexibility index (Phi) is 1.55. The van der Waals surface area contributed by atoms with Gasteiger partial charge in [-0.1, -0.05) is 0 Å². The van der Waals surface area contributed by atoms with Crippen LogP contribution in [0.5, 0.6) is 5.75 Å². The second kappa shape index (κ2) is 2.55. The summed E-state index contributed by atoms with van der Waals surface area (Å²) in [6.45, 7) is 2.21. The summed E-state index contributed by atoms with van der Waals surface area (Å²) in [5.74, 6) is 0.394. The highest BCUT2D eigenvalue weighted by molar-refractivity contribution is 5.35.